The lowest BCUT2D eigenvalue weighted by molar-refractivity contribution is 0.141. The van der Waals surface area contributed by atoms with Gasteiger partial charge < -0.3 is 9.73 Å². The number of rotatable bonds is 5. The van der Waals surface area contributed by atoms with Crippen molar-refractivity contribution in [1.82, 2.24) is 10.2 Å². The average molecular weight is 236 g/mol. The lowest BCUT2D eigenvalue weighted by atomic mass is 10.00. The van der Waals surface area contributed by atoms with Crippen LogP contribution in [0.4, 0.5) is 0 Å². The van der Waals surface area contributed by atoms with Crippen molar-refractivity contribution in [3.05, 3.63) is 24.2 Å². The van der Waals surface area contributed by atoms with Gasteiger partial charge in [0.05, 0.1) is 12.3 Å². The number of nitrogens with zero attached hydrogens (tertiary/aromatic N) is 1. The predicted octanol–water partition coefficient (Wildman–Crippen LogP) is 2.66. The second kappa shape index (κ2) is 6.22. The van der Waals surface area contributed by atoms with E-state index >= 15 is 0 Å². The number of nitrogens with one attached hydrogen (secondary N) is 1. The minimum absolute atomic E-state index is 0.467. The highest BCUT2D eigenvalue weighted by atomic mass is 16.3. The molecule has 1 N–H and O–H groups in total. The van der Waals surface area contributed by atoms with Crippen LogP contribution in [0.5, 0.6) is 0 Å². The summed E-state index contributed by atoms with van der Waals surface area (Å²) in [7, 11) is 0. The summed E-state index contributed by atoms with van der Waals surface area (Å²) in [6, 6.07) is 4.59. The first-order valence-corrected chi connectivity index (χ1v) is 6.75. The van der Waals surface area contributed by atoms with Crippen molar-refractivity contribution >= 4 is 0 Å². The molecule has 0 spiro atoms. The molecule has 1 atom stereocenters. The first-order valence-electron chi connectivity index (χ1n) is 6.75. The fourth-order valence-electron chi connectivity index (χ4n) is 2.47. The van der Waals surface area contributed by atoms with Gasteiger partial charge in [0.2, 0.25) is 0 Å². The first kappa shape index (κ1) is 12.7. The van der Waals surface area contributed by atoms with E-state index in [-0.39, 0.29) is 0 Å². The summed E-state index contributed by atoms with van der Waals surface area (Å²) in [6.45, 7) is 9.03. The Bertz CT molecular complexity index is 302. The molecule has 96 valence electrons. The van der Waals surface area contributed by atoms with Crippen molar-refractivity contribution in [2.45, 2.75) is 32.7 Å². The molecule has 3 heteroatoms. The van der Waals surface area contributed by atoms with Crippen molar-refractivity contribution in [2.24, 2.45) is 5.92 Å². The van der Waals surface area contributed by atoms with Crippen LogP contribution in [0.2, 0.25) is 0 Å². The second-order valence-electron chi connectivity index (χ2n) is 5.29. The molecule has 0 bridgehead atoms. The molecule has 17 heavy (non-hydrogen) atoms. The van der Waals surface area contributed by atoms with E-state index in [1.807, 2.05) is 6.07 Å². The molecule has 0 unspecified atom stereocenters. The Morgan fingerprint density at radius 1 is 1.29 bits per heavy atom. The van der Waals surface area contributed by atoms with Gasteiger partial charge in [-0.1, -0.05) is 13.8 Å². The minimum Gasteiger partial charge on any atom is -0.468 e. The molecule has 0 saturated carbocycles. The molecule has 1 aliphatic rings. The SMILES string of the molecule is CC(C)CC[C@H](c1ccco1)N1CCNCC1. The van der Waals surface area contributed by atoms with Gasteiger partial charge in [-0.15, -0.1) is 0 Å². The Hall–Kier alpha value is -0.800. The Labute approximate surface area is 104 Å². The monoisotopic (exact) mass is 236 g/mol. The van der Waals surface area contributed by atoms with Gasteiger partial charge in [-0.05, 0) is 30.9 Å². The molecule has 0 aliphatic carbocycles. The molecule has 1 saturated heterocycles. The summed E-state index contributed by atoms with van der Waals surface area (Å²) < 4.78 is 5.62. The van der Waals surface area contributed by atoms with Gasteiger partial charge in [-0.3, -0.25) is 4.90 Å². The number of furan rings is 1. The van der Waals surface area contributed by atoms with Crippen LogP contribution in [0.15, 0.2) is 22.8 Å². The predicted molar refractivity (Wildman–Crippen MR) is 70.0 cm³/mol. The van der Waals surface area contributed by atoms with Crippen LogP contribution in [-0.2, 0) is 0 Å². The zero-order valence-electron chi connectivity index (χ0n) is 11.0. The van der Waals surface area contributed by atoms with Gasteiger partial charge in [0, 0.05) is 26.2 Å². The minimum atomic E-state index is 0.467. The van der Waals surface area contributed by atoms with E-state index in [0.29, 0.717) is 6.04 Å². The van der Waals surface area contributed by atoms with Crippen LogP contribution in [0.25, 0.3) is 0 Å². The van der Waals surface area contributed by atoms with Crippen LogP contribution in [0.1, 0.15) is 38.5 Å². The highest BCUT2D eigenvalue weighted by Crippen LogP contribution is 2.27. The number of hydrogen-bond donors (Lipinski definition) is 1. The van der Waals surface area contributed by atoms with E-state index in [4.69, 9.17) is 4.42 Å². The summed E-state index contributed by atoms with van der Waals surface area (Å²) >= 11 is 0. The lowest BCUT2D eigenvalue weighted by Crippen LogP contribution is -2.45. The second-order valence-corrected chi connectivity index (χ2v) is 5.29. The molecule has 1 fully saturated rings. The smallest absolute Gasteiger partial charge is 0.120 e. The molecule has 1 aromatic rings. The molecule has 0 amide bonds. The molecular weight excluding hydrogens is 212 g/mol. The fraction of sp³-hybridized carbons (Fsp3) is 0.714. The Balaban J connectivity index is 2.01. The van der Waals surface area contributed by atoms with Crippen molar-refractivity contribution < 1.29 is 4.42 Å². The molecule has 2 rings (SSSR count). The van der Waals surface area contributed by atoms with Gasteiger partial charge in [0.1, 0.15) is 5.76 Å². The molecular formula is C14H24N2O. The number of hydrogen-bond acceptors (Lipinski definition) is 3. The average Bonchev–Trinajstić information content (AvgIpc) is 2.84. The van der Waals surface area contributed by atoms with E-state index in [1.54, 1.807) is 6.26 Å². The highest BCUT2D eigenvalue weighted by Gasteiger charge is 2.23. The fourth-order valence-corrected chi connectivity index (χ4v) is 2.47. The standard InChI is InChI=1S/C14H24N2O/c1-12(2)5-6-13(14-4-3-11-17-14)16-9-7-15-8-10-16/h3-4,11-13,15H,5-10H2,1-2H3/t13-/m1/s1. The zero-order chi connectivity index (χ0) is 12.1. The molecule has 3 nitrogen and oxygen atoms in total. The summed E-state index contributed by atoms with van der Waals surface area (Å²) in [5.41, 5.74) is 0. The first-order chi connectivity index (χ1) is 8.27. The highest BCUT2D eigenvalue weighted by molar-refractivity contribution is 5.05. The molecule has 0 aromatic carbocycles. The molecule has 0 radical (unpaired) electrons. The van der Waals surface area contributed by atoms with Gasteiger partial charge in [0.15, 0.2) is 0 Å². The van der Waals surface area contributed by atoms with Gasteiger partial charge in [0.25, 0.3) is 0 Å². The largest absolute Gasteiger partial charge is 0.468 e. The third-order valence-electron chi connectivity index (χ3n) is 3.48. The van der Waals surface area contributed by atoms with E-state index < -0.39 is 0 Å². The van der Waals surface area contributed by atoms with Gasteiger partial charge >= 0.3 is 0 Å². The van der Waals surface area contributed by atoms with Crippen molar-refractivity contribution in [1.29, 1.82) is 0 Å². The maximum Gasteiger partial charge on any atom is 0.120 e. The summed E-state index contributed by atoms with van der Waals surface area (Å²) in [4.78, 5) is 2.55. The Kier molecular flexibility index (Phi) is 4.63. The third kappa shape index (κ3) is 3.58. The Morgan fingerprint density at radius 2 is 2.06 bits per heavy atom. The summed E-state index contributed by atoms with van der Waals surface area (Å²) in [6.07, 6.45) is 4.25. The van der Waals surface area contributed by atoms with E-state index in [1.165, 1.54) is 12.8 Å². The molecule has 1 aliphatic heterocycles. The van der Waals surface area contributed by atoms with Crippen molar-refractivity contribution in [2.75, 3.05) is 26.2 Å². The quantitative estimate of drug-likeness (QED) is 0.852. The topological polar surface area (TPSA) is 28.4 Å². The van der Waals surface area contributed by atoms with Crippen LogP contribution in [0, 0.1) is 5.92 Å². The van der Waals surface area contributed by atoms with Gasteiger partial charge in [-0.25, -0.2) is 0 Å². The maximum absolute atomic E-state index is 5.62. The number of piperazine rings is 1. The maximum atomic E-state index is 5.62. The Morgan fingerprint density at radius 3 is 2.65 bits per heavy atom. The summed E-state index contributed by atoms with van der Waals surface area (Å²) in [5.74, 6) is 1.89. The van der Waals surface area contributed by atoms with Gasteiger partial charge in [-0.2, -0.15) is 0 Å². The molecule has 2 heterocycles. The van der Waals surface area contributed by atoms with Crippen molar-refractivity contribution in [3.8, 4) is 0 Å². The van der Waals surface area contributed by atoms with Crippen LogP contribution in [-0.4, -0.2) is 31.1 Å². The third-order valence-corrected chi connectivity index (χ3v) is 3.48. The zero-order valence-corrected chi connectivity index (χ0v) is 11.0. The van der Waals surface area contributed by atoms with E-state index in [0.717, 1.165) is 37.9 Å². The molecule has 1 aromatic heterocycles. The summed E-state index contributed by atoms with van der Waals surface area (Å²) in [5, 5.41) is 3.41. The lowest BCUT2D eigenvalue weighted by Gasteiger charge is -2.34. The van der Waals surface area contributed by atoms with Crippen LogP contribution in [0.3, 0.4) is 0 Å². The normalized spacial score (nSPS) is 19.7. The van der Waals surface area contributed by atoms with E-state index in [2.05, 4.69) is 30.1 Å². The van der Waals surface area contributed by atoms with Crippen LogP contribution < -0.4 is 5.32 Å². The van der Waals surface area contributed by atoms with Crippen LogP contribution >= 0.6 is 0 Å². The van der Waals surface area contributed by atoms with Crippen molar-refractivity contribution in [3.63, 3.8) is 0 Å². The van der Waals surface area contributed by atoms with E-state index in [9.17, 15) is 0 Å².